The number of ether oxygens (including phenoxy) is 4. The molecule has 5 aromatic carbocycles. The Morgan fingerprint density at radius 3 is 2.09 bits per heavy atom. The number of aliphatic hydroxyl groups is 1. The summed E-state index contributed by atoms with van der Waals surface area (Å²) >= 11 is 0. The molecule has 3 fully saturated rings. The van der Waals surface area contributed by atoms with Crippen molar-refractivity contribution in [2.75, 3.05) is 63.4 Å². The number of carbonyl (C=O) groups excluding carboxylic acids is 5. The SMILES string of the molecule is COC(=O)[C@@H](NC(=O)N1C(=O)[C@@]2(c3cc(C#Cc4ccc(OC)cc4)ccc31)[C@H](C(=O)N1CCN(c3ncccn3)CC1)[C@H]1C(=O)O[C@H](c3ccccc3)[C@H](c3ccccc3)N1[C@@H]2c1ccccc1OCCO)C(C)C. The van der Waals surface area contributed by atoms with E-state index in [2.05, 4.69) is 27.1 Å². The van der Waals surface area contributed by atoms with Crippen LogP contribution in [0.25, 0.3) is 0 Å². The molecule has 7 atom stereocenters. The number of rotatable bonds is 12. The molecule has 4 aliphatic heterocycles. The van der Waals surface area contributed by atoms with Crippen molar-refractivity contribution in [1.29, 1.82) is 0 Å². The number of aliphatic hydroxyl groups excluding tert-OH is 1. The molecule has 388 valence electrons. The number of imide groups is 1. The van der Waals surface area contributed by atoms with Gasteiger partial charge in [-0.05, 0) is 77.2 Å². The zero-order valence-electron chi connectivity index (χ0n) is 42.4. The largest absolute Gasteiger partial charge is 0.497 e. The van der Waals surface area contributed by atoms with Crippen molar-refractivity contribution in [3.63, 3.8) is 0 Å². The molecule has 1 spiro atoms. The van der Waals surface area contributed by atoms with Crippen LogP contribution in [-0.4, -0.2) is 120 Å². The number of methoxy groups -OCH3 is 2. The third-order valence-electron chi connectivity index (χ3n) is 14.8. The van der Waals surface area contributed by atoms with Crippen molar-refractivity contribution < 1.29 is 48.0 Å². The first-order chi connectivity index (χ1) is 37.0. The van der Waals surface area contributed by atoms with Gasteiger partial charge in [-0.25, -0.2) is 24.5 Å². The second kappa shape index (κ2) is 21.7. The number of para-hydroxylation sites is 1. The van der Waals surface area contributed by atoms with Gasteiger partial charge in [0.1, 0.15) is 41.7 Å². The molecule has 17 heteroatoms. The minimum Gasteiger partial charge on any atom is -0.497 e. The van der Waals surface area contributed by atoms with Crippen LogP contribution in [0.2, 0.25) is 0 Å². The number of urea groups is 1. The number of piperazine rings is 1. The second-order valence-corrected chi connectivity index (χ2v) is 19.3. The normalized spacial score (nSPS) is 22.2. The van der Waals surface area contributed by atoms with Gasteiger partial charge in [0.05, 0.1) is 44.5 Å². The Bertz CT molecular complexity index is 3180. The molecule has 0 bridgehead atoms. The number of cyclic esters (lactones) is 1. The number of amides is 4. The van der Waals surface area contributed by atoms with E-state index in [0.717, 1.165) is 4.90 Å². The van der Waals surface area contributed by atoms with Crippen molar-refractivity contribution in [1.82, 2.24) is 25.1 Å². The molecule has 76 heavy (non-hydrogen) atoms. The maximum atomic E-state index is 17.0. The van der Waals surface area contributed by atoms with Crippen molar-refractivity contribution >= 4 is 41.4 Å². The molecular formula is C59H57N7O10. The molecule has 5 heterocycles. The zero-order chi connectivity index (χ0) is 53.1. The molecule has 3 saturated heterocycles. The van der Waals surface area contributed by atoms with Crippen molar-refractivity contribution in [3.8, 4) is 23.3 Å². The Hall–Kier alpha value is -8.59. The number of anilines is 2. The van der Waals surface area contributed by atoms with Crippen LogP contribution < -0.4 is 24.6 Å². The lowest BCUT2D eigenvalue weighted by atomic mass is 9.64. The number of nitrogens with zero attached hydrogens (tertiary/aromatic N) is 6. The van der Waals surface area contributed by atoms with E-state index in [1.165, 1.54) is 7.11 Å². The van der Waals surface area contributed by atoms with Gasteiger partial charge < -0.3 is 39.2 Å². The number of carbonyl (C=O) groups is 5. The number of nitrogens with one attached hydrogen (secondary N) is 1. The molecule has 6 aromatic rings. The highest BCUT2D eigenvalue weighted by molar-refractivity contribution is 6.25. The average Bonchev–Trinajstić information content (AvgIpc) is 3.98. The molecule has 0 unspecified atom stereocenters. The molecule has 4 aliphatic rings. The summed E-state index contributed by atoms with van der Waals surface area (Å²) in [6, 6.07) is 34.0. The topological polar surface area (TPSA) is 193 Å². The minimum absolute atomic E-state index is 0.108. The van der Waals surface area contributed by atoms with Crippen LogP contribution in [0.1, 0.15) is 65.4 Å². The van der Waals surface area contributed by atoms with Gasteiger partial charge in [0, 0.05) is 55.3 Å². The highest BCUT2D eigenvalue weighted by Crippen LogP contribution is 2.67. The number of hydrogen-bond acceptors (Lipinski definition) is 14. The van der Waals surface area contributed by atoms with Crippen molar-refractivity contribution in [2.45, 2.75) is 49.5 Å². The highest BCUT2D eigenvalue weighted by atomic mass is 16.6. The maximum absolute atomic E-state index is 17.0. The smallest absolute Gasteiger partial charge is 0.329 e. The van der Waals surface area contributed by atoms with Crippen LogP contribution in [0.3, 0.4) is 0 Å². The lowest BCUT2D eigenvalue weighted by Crippen LogP contribution is -2.60. The van der Waals surface area contributed by atoms with Crippen LogP contribution in [0.5, 0.6) is 11.5 Å². The van der Waals surface area contributed by atoms with E-state index in [-0.39, 0.29) is 43.3 Å². The molecule has 0 radical (unpaired) electrons. The molecule has 10 rings (SSSR count). The summed E-state index contributed by atoms with van der Waals surface area (Å²) < 4.78 is 23.6. The molecule has 4 amide bonds. The summed E-state index contributed by atoms with van der Waals surface area (Å²) in [5.74, 6) is 2.96. The van der Waals surface area contributed by atoms with E-state index < -0.39 is 77.3 Å². The van der Waals surface area contributed by atoms with E-state index in [1.807, 2.05) is 82.6 Å². The number of benzene rings is 5. The van der Waals surface area contributed by atoms with Gasteiger partial charge in [-0.2, -0.15) is 0 Å². The minimum atomic E-state index is -2.17. The molecule has 17 nitrogen and oxygen atoms in total. The van der Waals surface area contributed by atoms with Gasteiger partial charge in [0.25, 0.3) is 0 Å². The van der Waals surface area contributed by atoms with Crippen molar-refractivity contribution in [2.24, 2.45) is 11.8 Å². The number of fused-ring (bicyclic) bond motifs is 3. The summed E-state index contributed by atoms with van der Waals surface area (Å²) in [7, 11) is 2.79. The first kappa shape index (κ1) is 50.9. The van der Waals surface area contributed by atoms with Gasteiger partial charge in [-0.3, -0.25) is 19.3 Å². The summed E-state index contributed by atoms with van der Waals surface area (Å²) in [4.78, 5) is 93.4. The molecular weight excluding hydrogens is 967 g/mol. The monoisotopic (exact) mass is 1020 g/mol. The van der Waals surface area contributed by atoms with E-state index in [1.54, 1.807) is 98.9 Å². The standard InChI is InChI=1S/C59H57N7O10/c1-37(2)48(54(69)74-4)62-58(72)65-45-27-24-39(21-20-38-22-25-42(73-3)26-23-38)36-44(45)59(56(65)71)47(53(68)63-30-32-64(33-31-63)57-60-28-13-29-61-57)50-55(70)76-51(41-16-9-6-10-17-41)49(40-14-7-5-8-15-40)66(50)52(59)43-18-11-12-19-46(43)75-35-34-67/h5-19,22-29,36-37,47-52,67H,30-35H2,1-4H3,(H,62,72)/t47-,48-,49-,50-,51+,52+,59-/m0/s1. The Balaban J connectivity index is 1.26. The van der Waals surface area contributed by atoms with E-state index in [4.69, 9.17) is 18.9 Å². The first-order valence-corrected chi connectivity index (χ1v) is 25.2. The first-order valence-electron chi connectivity index (χ1n) is 25.2. The quantitative estimate of drug-likeness (QED) is 0.104. The number of esters is 2. The maximum Gasteiger partial charge on any atom is 0.329 e. The second-order valence-electron chi connectivity index (χ2n) is 19.3. The molecule has 2 N–H and O–H groups in total. The predicted molar refractivity (Wildman–Crippen MR) is 280 cm³/mol. The van der Waals surface area contributed by atoms with E-state index in [9.17, 15) is 9.90 Å². The fourth-order valence-corrected chi connectivity index (χ4v) is 11.3. The third-order valence-corrected chi connectivity index (χ3v) is 14.8. The molecule has 0 aliphatic carbocycles. The van der Waals surface area contributed by atoms with Crippen LogP contribution in [-0.2, 0) is 34.1 Å². The fourth-order valence-electron chi connectivity index (χ4n) is 11.3. The summed E-state index contributed by atoms with van der Waals surface area (Å²) in [6.07, 6.45) is 2.31. The van der Waals surface area contributed by atoms with Gasteiger partial charge in [-0.15, -0.1) is 0 Å². The van der Waals surface area contributed by atoms with Crippen molar-refractivity contribution in [3.05, 3.63) is 179 Å². The Labute approximate surface area is 440 Å². The zero-order valence-corrected chi connectivity index (χ0v) is 42.4. The molecule has 0 saturated carbocycles. The number of aromatic nitrogens is 2. The van der Waals surface area contributed by atoms with Crippen LogP contribution in [0.15, 0.2) is 146 Å². The average molecular weight is 1020 g/mol. The van der Waals surface area contributed by atoms with Crippen LogP contribution >= 0.6 is 0 Å². The Kier molecular flexibility index (Phi) is 14.5. The van der Waals surface area contributed by atoms with E-state index in [0.29, 0.717) is 52.6 Å². The Morgan fingerprint density at radius 2 is 1.43 bits per heavy atom. The summed E-state index contributed by atoms with van der Waals surface area (Å²) in [6.45, 7) is 3.96. The van der Waals surface area contributed by atoms with E-state index >= 15 is 19.2 Å². The van der Waals surface area contributed by atoms with Crippen LogP contribution in [0, 0.1) is 23.7 Å². The van der Waals surface area contributed by atoms with Crippen LogP contribution in [0.4, 0.5) is 16.4 Å². The van der Waals surface area contributed by atoms with Gasteiger partial charge in [-0.1, -0.05) is 105 Å². The summed E-state index contributed by atoms with van der Waals surface area (Å²) in [5.41, 5.74) is 1.04. The lowest BCUT2D eigenvalue weighted by molar-refractivity contribution is -0.179. The predicted octanol–water partition coefficient (Wildman–Crippen LogP) is 6.18. The lowest BCUT2D eigenvalue weighted by Gasteiger charge is -2.46. The van der Waals surface area contributed by atoms with Gasteiger partial charge in [0.2, 0.25) is 17.8 Å². The summed E-state index contributed by atoms with van der Waals surface area (Å²) in [5, 5.41) is 13.0. The fraction of sp³-hybridized carbons (Fsp3) is 0.305. The van der Waals surface area contributed by atoms with Gasteiger partial charge in [0.15, 0.2) is 0 Å². The highest BCUT2D eigenvalue weighted by Gasteiger charge is 2.76. The molecule has 1 aromatic heterocycles. The number of hydrogen-bond donors (Lipinski definition) is 2. The third kappa shape index (κ3) is 9.13. The Morgan fingerprint density at radius 1 is 0.789 bits per heavy atom. The number of morpholine rings is 1. The van der Waals surface area contributed by atoms with Gasteiger partial charge >= 0.3 is 18.0 Å².